The highest BCUT2D eigenvalue weighted by Crippen LogP contribution is 2.21. The van der Waals surface area contributed by atoms with E-state index < -0.39 is 0 Å². The molecule has 0 aromatic heterocycles. The SMILES string of the molecule is CC(C)CC1CNC(C(C)C)CN1Cc1ccccc1F. The Morgan fingerprint density at radius 2 is 1.95 bits per heavy atom. The highest BCUT2D eigenvalue weighted by molar-refractivity contribution is 5.17. The van der Waals surface area contributed by atoms with Crippen molar-refractivity contribution >= 4 is 0 Å². The minimum atomic E-state index is -0.0829. The molecule has 3 heteroatoms. The summed E-state index contributed by atoms with van der Waals surface area (Å²) in [6.07, 6.45) is 1.16. The minimum absolute atomic E-state index is 0.0829. The van der Waals surface area contributed by atoms with E-state index in [1.807, 2.05) is 12.1 Å². The largest absolute Gasteiger partial charge is 0.311 e. The van der Waals surface area contributed by atoms with Crippen molar-refractivity contribution < 1.29 is 4.39 Å². The van der Waals surface area contributed by atoms with Crippen LogP contribution in [0.3, 0.4) is 0 Å². The number of halogens is 1. The molecule has 1 saturated heterocycles. The van der Waals surface area contributed by atoms with Gasteiger partial charge in [-0.2, -0.15) is 0 Å². The molecule has 1 aromatic carbocycles. The first kappa shape index (κ1) is 16.4. The van der Waals surface area contributed by atoms with Crippen LogP contribution < -0.4 is 5.32 Å². The Morgan fingerprint density at radius 3 is 2.57 bits per heavy atom. The molecule has 1 fully saturated rings. The van der Waals surface area contributed by atoms with Gasteiger partial charge in [-0.15, -0.1) is 0 Å². The lowest BCUT2D eigenvalue weighted by Crippen LogP contribution is -2.58. The third kappa shape index (κ3) is 4.52. The van der Waals surface area contributed by atoms with Crippen LogP contribution in [0.1, 0.15) is 39.7 Å². The van der Waals surface area contributed by atoms with Crippen LogP contribution in [0.2, 0.25) is 0 Å². The van der Waals surface area contributed by atoms with Crippen LogP contribution in [0, 0.1) is 17.7 Å². The van der Waals surface area contributed by atoms with Gasteiger partial charge in [0, 0.05) is 37.3 Å². The Kier molecular flexibility index (Phi) is 5.77. The summed E-state index contributed by atoms with van der Waals surface area (Å²) < 4.78 is 13.9. The van der Waals surface area contributed by atoms with Crippen molar-refractivity contribution in [2.75, 3.05) is 13.1 Å². The maximum absolute atomic E-state index is 13.9. The number of nitrogens with one attached hydrogen (secondary N) is 1. The van der Waals surface area contributed by atoms with Gasteiger partial charge in [0.15, 0.2) is 0 Å². The fourth-order valence-electron chi connectivity index (χ4n) is 3.14. The summed E-state index contributed by atoms with van der Waals surface area (Å²) in [7, 11) is 0. The lowest BCUT2D eigenvalue weighted by Gasteiger charge is -2.42. The minimum Gasteiger partial charge on any atom is -0.311 e. The molecule has 0 bridgehead atoms. The Balaban J connectivity index is 2.11. The van der Waals surface area contributed by atoms with Crippen molar-refractivity contribution in [2.45, 2.75) is 52.7 Å². The van der Waals surface area contributed by atoms with Crippen molar-refractivity contribution in [3.05, 3.63) is 35.6 Å². The van der Waals surface area contributed by atoms with E-state index in [4.69, 9.17) is 0 Å². The third-order valence-corrected chi connectivity index (χ3v) is 4.44. The molecule has 0 spiro atoms. The zero-order valence-electron chi connectivity index (χ0n) is 13.8. The lowest BCUT2D eigenvalue weighted by atomic mass is 9.94. The quantitative estimate of drug-likeness (QED) is 0.891. The molecule has 0 amide bonds. The molecular weight excluding hydrogens is 263 g/mol. The number of rotatable bonds is 5. The van der Waals surface area contributed by atoms with E-state index in [0.717, 1.165) is 31.6 Å². The first-order valence-electron chi connectivity index (χ1n) is 8.18. The Labute approximate surface area is 128 Å². The molecule has 1 heterocycles. The summed E-state index contributed by atoms with van der Waals surface area (Å²) in [6.45, 7) is 11.8. The van der Waals surface area contributed by atoms with Gasteiger partial charge in [-0.25, -0.2) is 4.39 Å². The van der Waals surface area contributed by atoms with E-state index in [9.17, 15) is 4.39 Å². The second kappa shape index (κ2) is 7.37. The molecule has 1 aliphatic rings. The molecule has 21 heavy (non-hydrogen) atoms. The Morgan fingerprint density at radius 1 is 1.24 bits per heavy atom. The second-order valence-electron chi connectivity index (χ2n) is 7.06. The van der Waals surface area contributed by atoms with E-state index in [1.165, 1.54) is 0 Å². The van der Waals surface area contributed by atoms with E-state index in [0.29, 0.717) is 23.9 Å². The monoisotopic (exact) mass is 292 g/mol. The van der Waals surface area contributed by atoms with Gasteiger partial charge >= 0.3 is 0 Å². The van der Waals surface area contributed by atoms with E-state index in [-0.39, 0.29) is 5.82 Å². The van der Waals surface area contributed by atoms with Gasteiger partial charge < -0.3 is 5.32 Å². The first-order valence-corrected chi connectivity index (χ1v) is 8.18. The average Bonchev–Trinajstić information content (AvgIpc) is 2.42. The van der Waals surface area contributed by atoms with Gasteiger partial charge in [0.25, 0.3) is 0 Å². The molecule has 0 saturated carbocycles. The summed E-state index contributed by atoms with van der Waals surface area (Å²) in [4.78, 5) is 2.47. The van der Waals surface area contributed by atoms with Crippen LogP contribution in [0.25, 0.3) is 0 Å². The molecule has 2 rings (SSSR count). The van der Waals surface area contributed by atoms with Gasteiger partial charge in [0.05, 0.1) is 0 Å². The number of piperazine rings is 1. The molecule has 0 radical (unpaired) electrons. The van der Waals surface area contributed by atoms with Gasteiger partial charge in [-0.1, -0.05) is 45.9 Å². The average molecular weight is 292 g/mol. The van der Waals surface area contributed by atoms with Crippen LogP contribution in [0.4, 0.5) is 4.39 Å². The third-order valence-electron chi connectivity index (χ3n) is 4.44. The fourth-order valence-corrected chi connectivity index (χ4v) is 3.14. The van der Waals surface area contributed by atoms with Gasteiger partial charge in [0.1, 0.15) is 5.82 Å². The van der Waals surface area contributed by atoms with Gasteiger partial charge in [-0.3, -0.25) is 4.90 Å². The zero-order valence-corrected chi connectivity index (χ0v) is 13.8. The summed E-state index contributed by atoms with van der Waals surface area (Å²) >= 11 is 0. The first-order chi connectivity index (χ1) is 9.97. The molecule has 0 aliphatic carbocycles. The molecule has 1 aliphatic heterocycles. The van der Waals surface area contributed by atoms with E-state index in [2.05, 4.69) is 37.9 Å². The predicted molar refractivity (Wildman–Crippen MR) is 86.7 cm³/mol. The Bertz CT molecular complexity index is 445. The van der Waals surface area contributed by atoms with Crippen LogP contribution >= 0.6 is 0 Å². The van der Waals surface area contributed by atoms with Crippen LogP contribution in [-0.2, 0) is 6.54 Å². The zero-order chi connectivity index (χ0) is 15.4. The van der Waals surface area contributed by atoms with Gasteiger partial charge in [-0.05, 0) is 24.3 Å². The molecule has 1 aromatic rings. The van der Waals surface area contributed by atoms with Crippen LogP contribution in [0.15, 0.2) is 24.3 Å². The van der Waals surface area contributed by atoms with Crippen molar-refractivity contribution in [1.29, 1.82) is 0 Å². The molecule has 118 valence electrons. The van der Waals surface area contributed by atoms with Crippen molar-refractivity contribution in [3.63, 3.8) is 0 Å². The van der Waals surface area contributed by atoms with Crippen LogP contribution in [-0.4, -0.2) is 30.1 Å². The lowest BCUT2D eigenvalue weighted by molar-refractivity contribution is 0.0913. The normalized spacial score (nSPS) is 24.0. The van der Waals surface area contributed by atoms with Crippen molar-refractivity contribution in [1.82, 2.24) is 10.2 Å². The highest BCUT2D eigenvalue weighted by Gasteiger charge is 2.30. The second-order valence-corrected chi connectivity index (χ2v) is 7.06. The standard InChI is InChI=1S/C18H29FN2/c1-13(2)9-16-10-20-18(14(3)4)12-21(16)11-15-7-5-6-8-17(15)19/h5-8,13-14,16,18,20H,9-12H2,1-4H3. The number of hydrogen-bond acceptors (Lipinski definition) is 2. The van der Waals surface area contributed by atoms with E-state index >= 15 is 0 Å². The highest BCUT2D eigenvalue weighted by atomic mass is 19.1. The molecular formula is C18H29FN2. The molecule has 2 unspecified atom stereocenters. The topological polar surface area (TPSA) is 15.3 Å². The maximum Gasteiger partial charge on any atom is 0.127 e. The molecule has 2 nitrogen and oxygen atoms in total. The van der Waals surface area contributed by atoms with Gasteiger partial charge in [0.2, 0.25) is 0 Å². The summed E-state index contributed by atoms with van der Waals surface area (Å²) in [5, 5.41) is 3.67. The predicted octanol–water partition coefficient (Wildman–Crippen LogP) is 3.67. The smallest absolute Gasteiger partial charge is 0.127 e. The fraction of sp³-hybridized carbons (Fsp3) is 0.667. The summed E-state index contributed by atoms with van der Waals surface area (Å²) in [5.41, 5.74) is 0.815. The number of nitrogens with zero attached hydrogens (tertiary/aromatic N) is 1. The summed E-state index contributed by atoms with van der Waals surface area (Å²) in [6, 6.07) is 8.17. The van der Waals surface area contributed by atoms with Crippen molar-refractivity contribution in [3.8, 4) is 0 Å². The van der Waals surface area contributed by atoms with Crippen LogP contribution in [0.5, 0.6) is 0 Å². The van der Waals surface area contributed by atoms with E-state index in [1.54, 1.807) is 12.1 Å². The number of benzene rings is 1. The molecule has 2 atom stereocenters. The Hall–Kier alpha value is -0.930. The molecule has 1 N–H and O–H groups in total. The van der Waals surface area contributed by atoms with Crippen molar-refractivity contribution in [2.24, 2.45) is 11.8 Å². The maximum atomic E-state index is 13.9. The summed E-state index contributed by atoms with van der Waals surface area (Å²) in [5.74, 6) is 1.18. The number of hydrogen-bond donors (Lipinski definition) is 1.